The fourth-order valence-electron chi connectivity index (χ4n) is 0.920. The number of nitrogens with one attached hydrogen (secondary N) is 1. The Morgan fingerprint density at radius 2 is 2.50 bits per heavy atom. The van der Waals surface area contributed by atoms with E-state index in [-0.39, 0.29) is 18.7 Å². The van der Waals surface area contributed by atoms with Crippen LogP contribution in [0.3, 0.4) is 0 Å². The van der Waals surface area contributed by atoms with Gasteiger partial charge in [-0.15, -0.1) is 0 Å². The van der Waals surface area contributed by atoms with Crippen molar-refractivity contribution >= 4 is 6.29 Å². The third kappa shape index (κ3) is 1.76. The van der Waals surface area contributed by atoms with Gasteiger partial charge in [-0.05, 0) is 0 Å². The molecular weight excluding hydrogens is 134 g/mol. The SMILES string of the molecule is O=CC1COCC(CO)N1. The van der Waals surface area contributed by atoms with Gasteiger partial charge in [-0.25, -0.2) is 0 Å². The Bertz CT molecular complexity index is 118. The number of ether oxygens (including phenoxy) is 1. The second-order valence-electron chi connectivity index (χ2n) is 2.33. The molecule has 0 aromatic heterocycles. The molecule has 0 aliphatic carbocycles. The summed E-state index contributed by atoms with van der Waals surface area (Å²) in [5, 5.41) is 11.6. The van der Waals surface area contributed by atoms with Crippen molar-refractivity contribution < 1.29 is 14.6 Å². The van der Waals surface area contributed by atoms with Crippen molar-refractivity contribution in [2.45, 2.75) is 12.1 Å². The minimum absolute atomic E-state index is 0.0182. The Morgan fingerprint density at radius 1 is 1.70 bits per heavy atom. The lowest BCUT2D eigenvalue weighted by Crippen LogP contribution is -2.51. The van der Waals surface area contributed by atoms with Crippen LogP contribution in [0.4, 0.5) is 0 Å². The highest BCUT2D eigenvalue weighted by molar-refractivity contribution is 5.57. The molecule has 4 nitrogen and oxygen atoms in total. The summed E-state index contributed by atoms with van der Waals surface area (Å²) in [6.45, 7) is 0.922. The summed E-state index contributed by atoms with van der Waals surface area (Å²) in [4.78, 5) is 10.2. The molecule has 0 amide bonds. The van der Waals surface area contributed by atoms with Crippen LogP contribution in [0.1, 0.15) is 0 Å². The number of rotatable bonds is 2. The Morgan fingerprint density at radius 3 is 3.10 bits per heavy atom. The van der Waals surface area contributed by atoms with Crippen molar-refractivity contribution in [3.63, 3.8) is 0 Å². The van der Waals surface area contributed by atoms with Gasteiger partial charge >= 0.3 is 0 Å². The standard InChI is InChI=1S/C6H11NO3/c8-1-5-3-10-4-6(2-9)7-5/h1,5-7,9H,2-4H2. The third-order valence-electron chi connectivity index (χ3n) is 1.45. The maximum Gasteiger partial charge on any atom is 0.139 e. The Hall–Kier alpha value is -0.450. The summed E-state index contributed by atoms with van der Waals surface area (Å²) >= 11 is 0. The van der Waals surface area contributed by atoms with E-state index in [1.54, 1.807) is 0 Å². The van der Waals surface area contributed by atoms with Crippen LogP contribution >= 0.6 is 0 Å². The van der Waals surface area contributed by atoms with Crippen LogP contribution < -0.4 is 5.32 Å². The molecule has 58 valence electrons. The molecule has 2 atom stereocenters. The summed E-state index contributed by atoms with van der Waals surface area (Å²) in [7, 11) is 0. The molecule has 0 bridgehead atoms. The molecule has 1 fully saturated rings. The molecular formula is C6H11NO3. The summed E-state index contributed by atoms with van der Waals surface area (Å²) < 4.78 is 5.02. The number of carbonyl (C=O) groups is 1. The van der Waals surface area contributed by atoms with Crippen LogP contribution in [-0.4, -0.2) is 43.3 Å². The van der Waals surface area contributed by atoms with Crippen LogP contribution in [-0.2, 0) is 9.53 Å². The van der Waals surface area contributed by atoms with Gasteiger partial charge in [0, 0.05) is 0 Å². The second-order valence-corrected chi connectivity index (χ2v) is 2.33. The zero-order valence-electron chi connectivity index (χ0n) is 5.62. The number of hydrogen-bond donors (Lipinski definition) is 2. The van der Waals surface area contributed by atoms with E-state index in [0.717, 1.165) is 6.29 Å². The highest BCUT2D eigenvalue weighted by Gasteiger charge is 2.19. The van der Waals surface area contributed by atoms with Crippen molar-refractivity contribution in [2.75, 3.05) is 19.8 Å². The first-order valence-electron chi connectivity index (χ1n) is 3.26. The molecule has 1 aliphatic heterocycles. The predicted molar refractivity (Wildman–Crippen MR) is 34.7 cm³/mol. The lowest BCUT2D eigenvalue weighted by atomic mass is 10.2. The Labute approximate surface area is 59.2 Å². The first-order chi connectivity index (χ1) is 4.86. The average Bonchev–Trinajstić information content (AvgIpc) is 2.05. The zero-order chi connectivity index (χ0) is 7.40. The molecule has 0 saturated carbocycles. The van der Waals surface area contributed by atoms with Crippen molar-refractivity contribution in [1.29, 1.82) is 0 Å². The second kappa shape index (κ2) is 3.65. The van der Waals surface area contributed by atoms with Crippen LogP contribution in [0.2, 0.25) is 0 Å². The minimum Gasteiger partial charge on any atom is -0.395 e. The van der Waals surface area contributed by atoms with E-state index in [9.17, 15) is 4.79 Å². The molecule has 1 saturated heterocycles. The first-order valence-corrected chi connectivity index (χ1v) is 3.26. The number of aliphatic hydroxyl groups excluding tert-OH is 1. The third-order valence-corrected chi connectivity index (χ3v) is 1.45. The fraction of sp³-hybridized carbons (Fsp3) is 0.833. The van der Waals surface area contributed by atoms with E-state index in [2.05, 4.69) is 5.32 Å². The Balaban J connectivity index is 2.31. The van der Waals surface area contributed by atoms with Crippen LogP contribution in [0.25, 0.3) is 0 Å². The monoisotopic (exact) mass is 145 g/mol. The molecule has 4 heteroatoms. The maximum atomic E-state index is 10.2. The van der Waals surface area contributed by atoms with Crippen LogP contribution in [0, 0.1) is 0 Å². The molecule has 1 heterocycles. The molecule has 1 aliphatic rings. The van der Waals surface area contributed by atoms with Gasteiger partial charge in [0.25, 0.3) is 0 Å². The zero-order valence-corrected chi connectivity index (χ0v) is 5.62. The average molecular weight is 145 g/mol. The van der Waals surface area contributed by atoms with Crippen LogP contribution in [0.5, 0.6) is 0 Å². The van der Waals surface area contributed by atoms with Gasteiger partial charge in [0.1, 0.15) is 6.29 Å². The van der Waals surface area contributed by atoms with Gasteiger partial charge in [0.05, 0.1) is 31.9 Å². The van der Waals surface area contributed by atoms with Gasteiger partial charge in [-0.3, -0.25) is 5.32 Å². The largest absolute Gasteiger partial charge is 0.395 e. The molecule has 10 heavy (non-hydrogen) atoms. The smallest absolute Gasteiger partial charge is 0.139 e. The van der Waals surface area contributed by atoms with Crippen molar-refractivity contribution in [2.24, 2.45) is 0 Å². The van der Waals surface area contributed by atoms with Crippen molar-refractivity contribution in [3.8, 4) is 0 Å². The molecule has 2 unspecified atom stereocenters. The fourth-order valence-corrected chi connectivity index (χ4v) is 0.920. The first kappa shape index (κ1) is 7.65. The molecule has 0 spiro atoms. The lowest BCUT2D eigenvalue weighted by Gasteiger charge is -2.26. The van der Waals surface area contributed by atoms with E-state index in [1.807, 2.05) is 0 Å². The topological polar surface area (TPSA) is 58.6 Å². The van der Waals surface area contributed by atoms with E-state index in [0.29, 0.717) is 13.2 Å². The molecule has 0 aromatic rings. The molecule has 1 rings (SSSR count). The number of aliphatic hydroxyl groups is 1. The van der Waals surface area contributed by atoms with Gasteiger partial charge in [0.2, 0.25) is 0 Å². The van der Waals surface area contributed by atoms with Crippen molar-refractivity contribution in [1.82, 2.24) is 5.32 Å². The number of aldehydes is 1. The number of hydrogen-bond acceptors (Lipinski definition) is 4. The van der Waals surface area contributed by atoms with Gasteiger partial charge in [-0.1, -0.05) is 0 Å². The molecule has 0 radical (unpaired) electrons. The van der Waals surface area contributed by atoms with Crippen molar-refractivity contribution in [3.05, 3.63) is 0 Å². The van der Waals surface area contributed by atoms with Gasteiger partial charge in [-0.2, -0.15) is 0 Å². The highest BCUT2D eigenvalue weighted by Crippen LogP contribution is 1.96. The molecule has 2 N–H and O–H groups in total. The summed E-state index contributed by atoms with van der Waals surface area (Å²) in [5.41, 5.74) is 0. The minimum atomic E-state index is -0.245. The van der Waals surface area contributed by atoms with E-state index >= 15 is 0 Å². The number of carbonyl (C=O) groups excluding carboxylic acids is 1. The van der Waals surface area contributed by atoms with E-state index in [4.69, 9.17) is 9.84 Å². The number of morpholine rings is 1. The highest BCUT2D eigenvalue weighted by atomic mass is 16.5. The summed E-state index contributed by atoms with van der Waals surface area (Å²) in [5.74, 6) is 0. The quantitative estimate of drug-likeness (QED) is 0.466. The van der Waals surface area contributed by atoms with E-state index in [1.165, 1.54) is 0 Å². The Kier molecular flexibility index (Phi) is 2.80. The van der Waals surface area contributed by atoms with E-state index < -0.39 is 0 Å². The van der Waals surface area contributed by atoms with Crippen LogP contribution in [0.15, 0.2) is 0 Å². The molecule has 0 aromatic carbocycles. The normalized spacial score (nSPS) is 33.7. The summed E-state index contributed by atoms with van der Waals surface area (Å²) in [6.07, 6.45) is 0.793. The summed E-state index contributed by atoms with van der Waals surface area (Å²) in [6, 6.07) is -0.324. The maximum absolute atomic E-state index is 10.2. The lowest BCUT2D eigenvalue weighted by molar-refractivity contribution is -0.113. The van der Waals surface area contributed by atoms with Gasteiger partial charge in [0.15, 0.2) is 0 Å². The van der Waals surface area contributed by atoms with Gasteiger partial charge < -0.3 is 14.6 Å². The predicted octanol–water partition coefficient (Wildman–Crippen LogP) is -1.47.